The quantitative estimate of drug-likeness (QED) is 0.299. The lowest BCUT2D eigenvalue weighted by molar-refractivity contribution is 0.284. The van der Waals surface area contributed by atoms with Crippen molar-refractivity contribution in [3.63, 3.8) is 0 Å². The summed E-state index contributed by atoms with van der Waals surface area (Å²) < 4.78 is 11.5. The summed E-state index contributed by atoms with van der Waals surface area (Å²) >= 11 is 1.46. The third kappa shape index (κ3) is 5.05. The van der Waals surface area contributed by atoms with Crippen LogP contribution >= 0.6 is 11.3 Å². The minimum Gasteiger partial charge on any atom is -0.493 e. The first kappa shape index (κ1) is 21.4. The van der Waals surface area contributed by atoms with E-state index < -0.39 is 0 Å². The van der Waals surface area contributed by atoms with Gasteiger partial charge in [-0.2, -0.15) is 5.26 Å². The molecule has 0 N–H and O–H groups in total. The van der Waals surface area contributed by atoms with Crippen LogP contribution in [0.5, 0.6) is 11.5 Å². The van der Waals surface area contributed by atoms with E-state index in [0.29, 0.717) is 28.7 Å². The fraction of sp³-hybridized carbons (Fsp3) is 0.111. The summed E-state index contributed by atoms with van der Waals surface area (Å²) in [4.78, 5) is 4.66. The molecule has 0 aliphatic carbocycles. The number of aromatic nitrogens is 1. The molecule has 0 amide bonds. The molecule has 0 aliphatic heterocycles. The van der Waals surface area contributed by atoms with E-state index in [1.165, 1.54) is 16.9 Å². The highest BCUT2D eigenvalue weighted by molar-refractivity contribution is 7.11. The van der Waals surface area contributed by atoms with Crippen LogP contribution in [0.3, 0.4) is 0 Å². The van der Waals surface area contributed by atoms with Crippen molar-refractivity contribution < 1.29 is 9.47 Å². The van der Waals surface area contributed by atoms with Gasteiger partial charge in [0.2, 0.25) is 0 Å². The van der Waals surface area contributed by atoms with Gasteiger partial charge >= 0.3 is 0 Å². The molecule has 0 saturated carbocycles. The zero-order valence-electron chi connectivity index (χ0n) is 17.9. The van der Waals surface area contributed by atoms with E-state index in [2.05, 4.69) is 30.1 Å². The normalized spacial score (nSPS) is 11.1. The van der Waals surface area contributed by atoms with Gasteiger partial charge < -0.3 is 9.47 Å². The number of rotatable bonds is 7. The number of aryl methyl sites for hydroxylation is 1. The molecule has 3 aromatic carbocycles. The monoisotopic (exact) mass is 438 g/mol. The second-order valence-electron chi connectivity index (χ2n) is 7.26. The molecule has 0 bridgehead atoms. The topological polar surface area (TPSA) is 55.1 Å². The maximum Gasteiger partial charge on any atom is 0.162 e. The Bertz CT molecular complexity index is 1270. The lowest BCUT2D eigenvalue weighted by Crippen LogP contribution is -1.98. The SMILES string of the molecule is COc1ccc(/C=C(/C#N)c2nc(-c3ccccc3)cs2)cc1OCc1ccc(C)cc1. The fourth-order valence-electron chi connectivity index (χ4n) is 3.19. The smallest absolute Gasteiger partial charge is 0.162 e. The van der Waals surface area contributed by atoms with E-state index in [0.717, 1.165) is 22.4 Å². The third-order valence-electron chi connectivity index (χ3n) is 4.94. The van der Waals surface area contributed by atoms with Gasteiger partial charge in [-0.25, -0.2) is 4.98 Å². The van der Waals surface area contributed by atoms with E-state index in [9.17, 15) is 5.26 Å². The first-order valence-corrected chi connectivity index (χ1v) is 11.0. The number of benzene rings is 3. The first-order chi connectivity index (χ1) is 15.7. The summed E-state index contributed by atoms with van der Waals surface area (Å²) in [6.45, 7) is 2.49. The van der Waals surface area contributed by atoms with Crippen molar-refractivity contribution >= 4 is 23.0 Å². The second-order valence-corrected chi connectivity index (χ2v) is 8.12. The van der Waals surface area contributed by atoms with Gasteiger partial charge in [-0.05, 0) is 36.3 Å². The van der Waals surface area contributed by atoms with Crippen LogP contribution in [0.25, 0.3) is 22.9 Å². The van der Waals surface area contributed by atoms with E-state index in [4.69, 9.17) is 9.47 Å². The molecular formula is C27H22N2O2S. The summed E-state index contributed by atoms with van der Waals surface area (Å²) in [5.41, 5.74) is 5.53. The Kier molecular flexibility index (Phi) is 6.64. The van der Waals surface area contributed by atoms with Gasteiger partial charge in [-0.15, -0.1) is 11.3 Å². The summed E-state index contributed by atoms with van der Waals surface area (Å²) in [6.07, 6.45) is 1.83. The van der Waals surface area contributed by atoms with Crippen molar-refractivity contribution in [3.05, 3.63) is 99.9 Å². The summed E-state index contributed by atoms with van der Waals surface area (Å²) in [7, 11) is 1.62. The summed E-state index contributed by atoms with van der Waals surface area (Å²) in [6, 6.07) is 26.1. The Morgan fingerprint density at radius 2 is 1.81 bits per heavy atom. The standard InChI is InChI=1S/C27H22N2O2S/c1-19-8-10-20(11-9-19)17-31-26-15-21(12-13-25(26)30-2)14-23(16-28)27-29-24(18-32-27)22-6-4-3-5-7-22/h3-15,18H,17H2,1-2H3/b23-14-. The average Bonchev–Trinajstić information content (AvgIpc) is 3.33. The summed E-state index contributed by atoms with van der Waals surface area (Å²) in [5.74, 6) is 1.27. The average molecular weight is 439 g/mol. The van der Waals surface area contributed by atoms with Crippen LogP contribution in [0.15, 0.2) is 78.2 Å². The lowest BCUT2D eigenvalue weighted by atomic mass is 10.1. The second kappa shape index (κ2) is 9.95. The largest absolute Gasteiger partial charge is 0.493 e. The number of methoxy groups -OCH3 is 1. The zero-order valence-corrected chi connectivity index (χ0v) is 18.7. The highest BCUT2D eigenvalue weighted by Crippen LogP contribution is 2.32. The molecule has 0 atom stereocenters. The van der Waals surface area contributed by atoms with Gasteiger partial charge in [0.15, 0.2) is 11.5 Å². The van der Waals surface area contributed by atoms with Crippen LogP contribution in [0.4, 0.5) is 0 Å². The predicted octanol–water partition coefficient (Wildman–Crippen LogP) is 6.77. The lowest BCUT2D eigenvalue weighted by Gasteiger charge is -2.12. The number of nitrogens with zero attached hydrogens (tertiary/aromatic N) is 2. The minimum absolute atomic E-state index is 0.432. The van der Waals surface area contributed by atoms with Crippen molar-refractivity contribution in [3.8, 4) is 28.8 Å². The van der Waals surface area contributed by atoms with Gasteiger partial charge in [0.25, 0.3) is 0 Å². The Labute approximate surface area is 192 Å². The van der Waals surface area contributed by atoms with Gasteiger partial charge in [0.1, 0.15) is 17.7 Å². The van der Waals surface area contributed by atoms with E-state index in [1.54, 1.807) is 7.11 Å². The Balaban J connectivity index is 1.58. The predicted molar refractivity (Wildman–Crippen MR) is 130 cm³/mol. The van der Waals surface area contributed by atoms with Crippen LogP contribution in [0.1, 0.15) is 21.7 Å². The van der Waals surface area contributed by atoms with Crippen molar-refractivity contribution in [2.45, 2.75) is 13.5 Å². The van der Waals surface area contributed by atoms with Crippen molar-refractivity contribution in [2.24, 2.45) is 0 Å². The Hall–Kier alpha value is -3.88. The molecule has 0 spiro atoms. The van der Waals surface area contributed by atoms with Gasteiger partial charge in [-0.1, -0.05) is 66.2 Å². The molecule has 0 saturated heterocycles. The molecule has 0 aliphatic rings. The summed E-state index contributed by atoms with van der Waals surface area (Å²) in [5, 5.41) is 12.4. The fourth-order valence-corrected chi connectivity index (χ4v) is 3.98. The third-order valence-corrected chi connectivity index (χ3v) is 5.81. The maximum absolute atomic E-state index is 9.76. The molecule has 1 heterocycles. The molecule has 0 unspecified atom stereocenters. The molecule has 158 valence electrons. The minimum atomic E-state index is 0.432. The van der Waals surface area contributed by atoms with Crippen molar-refractivity contribution in [2.75, 3.05) is 7.11 Å². The Morgan fingerprint density at radius 1 is 1.03 bits per heavy atom. The molecule has 0 radical (unpaired) electrons. The highest BCUT2D eigenvalue weighted by atomic mass is 32.1. The number of hydrogen-bond acceptors (Lipinski definition) is 5. The van der Waals surface area contributed by atoms with Crippen molar-refractivity contribution in [1.29, 1.82) is 5.26 Å². The molecular weight excluding hydrogens is 416 g/mol. The molecule has 5 heteroatoms. The van der Waals surface area contributed by atoms with E-state index in [1.807, 2.05) is 72.1 Å². The number of allylic oxidation sites excluding steroid dienone is 1. The van der Waals surface area contributed by atoms with Gasteiger partial charge in [-0.3, -0.25) is 0 Å². The number of hydrogen-bond donors (Lipinski definition) is 0. The molecule has 1 aromatic heterocycles. The molecule has 0 fully saturated rings. The van der Waals surface area contributed by atoms with E-state index in [-0.39, 0.29) is 0 Å². The highest BCUT2D eigenvalue weighted by Gasteiger charge is 2.11. The molecule has 4 rings (SSSR count). The van der Waals surface area contributed by atoms with Gasteiger partial charge in [0, 0.05) is 10.9 Å². The maximum atomic E-state index is 9.76. The van der Waals surface area contributed by atoms with Crippen LogP contribution in [0, 0.1) is 18.3 Å². The molecule has 32 heavy (non-hydrogen) atoms. The van der Waals surface area contributed by atoms with Crippen LogP contribution in [-0.2, 0) is 6.61 Å². The number of ether oxygens (including phenoxy) is 2. The Morgan fingerprint density at radius 3 is 2.53 bits per heavy atom. The van der Waals surface area contributed by atoms with Crippen LogP contribution in [0.2, 0.25) is 0 Å². The first-order valence-electron chi connectivity index (χ1n) is 10.2. The van der Waals surface area contributed by atoms with Gasteiger partial charge in [0.05, 0.1) is 18.4 Å². The van der Waals surface area contributed by atoms with Crippen LogP contribution in [-0.4, -0.2) is 12.1 Å². The number of thiazole rings is 1. The van der Waals surface area contributed by atoms with Crippen molar-refractivity contribution in [1.82, 2.24) is 4.98 Å². The zero-order chi connectivity index (χ0) is 22.3. The molecule has 4 nitrogen and oxygen atoms in total. The van der Waals surface area contributed by atoms with E-state index >= 15 is 0 Å². The molecule has 4 aromatic rings. The number of nitriles is 1. The van der Waals surface area contributed by atoms with Crippen LogP contribution < -0.4 is 9.47 Å².